The number of amides is 2. The highest BCUT2D eigenvalue weighted by atomic mass is 16.3. The van der Waals surface area contributed by atoms with Crippen molar-refractivity contribution >= 4 is 6.03 Å². The zero-order valence-electron chi connectivity index (χ0n) is 10.6. The van der Waals surface area contributed by atoms with Gasteiger partial charge in [0.25, 0.3) is 0 Å². The van der Waals surface area contributed by atoms with Crippen LogP contribution in [0.2, 0.25) is 0 Å². The van der Waals surface area contributed by atoms with Gasteiger partial charge in [0.15, 0.2) is 0 Å². The molecule has 0 radical (unpaired) electrons. The van der Waals surface area contributed by atoms with Crippen LogP contribution >= 0.6 is 0 Å². The van der Waals surface area contributed by atoms with E-state index in [1.165, 1.54) is 6.42 Å². The maximum atomic E-state index is 12.2. The van der Waals surface area contributed by atoms with Crippen molar-refractivity contribution in [2.24, 2.45) is 5.92 Å². The molecule has 2 heterocycles. The van der Waals surface area contributed by atoms with Crippen LogP contribution in [0.5, 0.6) is 0 Å². The van der Waals surface area contributed by atoms with Crippen molar-refractivity contribution in [3.63, 3.8) is 0 Å². The molecule has 1 aliphatic rings. The Morgan fingerprint density at radius 1 is 1.65 bits per heavy atom. The summed E-state index contributed by atoms with van der Waals surface area (Å²) in [7, 11) is 1.82. The minimum atomic E-state index is 0.105. The zero-order chi connectivity index (χ0) is 12.3. The van der Waals surface area contributed by atoms with Gasteiger partial charge in [-0.05, 0) is 30.9 Å². The standard InChI is InChI=1S/C13H20N2O2/c1-11-5-3-7-15(9-11)13(16)14(2)10-12-6-4-8-17-12/h4,6,8,11H,3,5,7,9-10H2,1-2H3. The highest BCUT2D eigenvalue weighted by Gasteiger charge is 2.23. The van der Waals surface area contributed by atoms with Crippen LogP contribution < -0.4 is 0 Å². The molecule has 1 atom stereocenters. The lowest BCUT2D eigenvalue weighted by molar-refractivity contribution is 0.135. The van der Waals surface area contributed by atoms with Crippen LogP contribution in [0.25, 0.3) is 0 Å². The van der Waals surface area contributed by atoms with Crippen LogP contribution in [0.1, 0.15) is 25.5 Å². The van der Waals surface area contributed by atoms with Crippen LogP contribution in [0, 0.1) is 5.92 Å². The van der Waals surface area contributed by atoms with Crippen LogP contribution in [-0.2, 0) is 6.54 Å². The molecule has 1 aliphatic heterocycles. The van der Waals surface area contributed by atoms with Gasteiger partial charge in [-0.15, -0.1) is 0 Å². The summed E-state index contributed by atoms with van der Waals surface area (Å²) >= 11 is 0. The summed E-state index contributed by atoms with van der Waals surface area (Å²) in [6, 6.07) is 3.84. The first-order valence-corrected chi connectivity index (χ1v) is 6.19. The van der Waals surface area contributed by atoms with Gasteiger partial charge in [-0.1, -0.05) is 6.92 Å². The fraction of sp³-hybridized carbons (Fsp3) is 0.615. The summed E-state index contributed by atoms with van der Waals surface area (Å²) in [5, 5.41) is 0. The van der Waals surface area contributed by atoms with Gasteiger partial charge in [0.1, 0.15) is 5.76 Å². The lowest BCUT2D eigenvalue weighted by atomic mass is 10.0. The number of furan rings is 1. The molecule has 1 unspecified atom stereocenters. The van der Waals surface area contributed by atoms with E-state index in [9.17, 15) is 4.79 Å². The second kappa shape index (κ2) is 5.25. The zero-order valence-corrected chi connectivity index (χ0v) is 10.6. The van der Waals surface area contributed by atoms with E-state index in [0.29, 0.717) is 12.5 Å². The van der Waals surface area contributed by atoms with Gasteiger partial charge in [0.05, 0.1) is 12.8 Å². The summed E-state index contributed by atoms with van der Waals surface area (Å²) in [6.07, 6.45) is 3.98. The van der Waals surface area contributed by atoms with E-state index in [1.54, 1.807) is 11.2 Å². The van der Waals surface area contributed by atoms with E-state index < -0.39 is 0 Å². The smallest absolute Gasteiger partial charge is 0.320 e. The third-order valence-electron chi connectivity index (χ3n) is 3.23. The minimum absolute atomic E-state index is 0.105. The minimum Gasteiger partial charge on any atom is -0.467 e. The number of hydrogen-bond donors (Lipinski definition) is 0. The molecule has 17 heavy (non-hydrogen) atoms. The predicted octanol–water partition coefficient (Wildman–Crippen LogP) is 2.56. The second-order valence-corrected chi connectivity index (χ2v) is 4.91. The van der Waals surface area contributed by atoms with Crippen molar-refractivity contribution in [3.8, 4) is 0 Å². The Bertz CT molecular complexity index is 362. The molecule has 0 aliphatic carbocycles. The summed E-state index contributed by atoms with van der Waals surface area (Å²) in [5.41, 5.74) is 0. The van der Waals surface area contributed by atoms with Gasteiger partial charge < -0.3 is 14.2 Å². The second-order valence-electron chi connectivity index (χ2n) is 4.91. The van der Waals surface area contributed by atoms with Crippen LogP contribution in [0.3, 0.4) is 0 Å². The molecule has 4 heteroatoms. The number of rotatable bonds is 2. The van der Waals surface area contributed by atoms with Gasteiger partial charge in [0.2, 0.25) is 0 Å². The Labute approximate surface area is 102 Å². The molecule has 0 aromatic carbocycles. The van der Waals surface area contributed by atoms with Crippen LogP contribution in [0.15, 0.2) is 22.8 Å². The van der Waals surface area contributed by atoms with E-state index in [0.717, 1.165) is 25.3 Å². The largest absolute Gasteiger partial charge is 0.467 e. The van der Waals surface area contributed by atoms with Crippen molar-refractivity contribution in [1.82, 2.24) is 9.80 Å². The van der Waals surface area contributed by atoms with E-state index in [1.807, 2.05) is 24.1 Å². The van der Waals surface area contributed by atoms with Crippen LogP contribution in [-0.4, -0.2) is 36.0 Å². The van der Waals surface area contributed by atoms with Gasteiger partial charge in [-0.3, -0.25) is 0 Å². The normalized spacial score (nSPS) is 20.4. The van der Waals surface area contributed by atoms with Crippen molar-refractivity contribution < 1.29 is 9.21 Å². The SMILES string of the molecule is CC1CCCN(C(=O)N(C)Cc2ccco2)C1. The maximum absolute atomic E-state index is 12.2. The monoisotopic (exact) mass is 236 g/mol. The Kier molecular flexibility index (Phi) is 3.71. The highest BCUT2D eigenvalue weighted by molar-refractivity contribution is 5.74. The third-order valence-corrected chi connectivity index (χ3v) is 3.23. The quantitative estimate of drug-likeness (QED) is 0.791. The number of carbonyl (C=O) groups is 1. The number of hydrogen-bond acceptors (Lipinski definition) is 2. The summed E-state index contributed by atoms with van der Waals surface area (Å²) in [6.45, 7) is 4.50. The number of urea groups is 1. The number of nitrogens with zero attached hydrogens (tertiary/aromatic N) is 2. The molecular weight excluding hydrogens is 216 g/mol. The molecule has 0 spiro atoms. The van der Waals surface area contributed by atoms with E-state index in [-0.39, 0.29) is 6.03 Å². The molecule has 94 valence electrons. The fourth-order valence-corrected chi connectivity index (χ4v) is 2.31. The molecular formula is C13H20N2O2. The summed E-state index contributed by atoms with van der Waals surface area (Å²) < 4.78 is 5.25. The fourth-order valence-electron chi connectivity index (χ4n) is 2.31. The average Bonchev–Trinajstić information content (AvgIpc) is 2.80. The first-order chi connectivity index (χ1) is 8.16. The summed E-state index contributed by atoms with van der Waals surface area (Å²) in [4.78, 5) is 15.8. The van der Waals surface area contributed by atoms with E-state index >= 15 is 0 Å². The predicted molar refractivity (Wildman–Crippen MR) is 65.5 cm³/mol. The molecule has 1 fully saturated rings. The molecule has 1 saturated heterocycles. The Morgan fingerprint density at radius 3 is 3.12 bits per heavy atom. The molecule has 1 aromatic rings. The first kappa shape index (κ1) is 12.0. The van der Waals surface area contributed by atoms with Gasteiger partial charge in [-0.25, -0.2) is 4.79 Å². The Morgan fingerprint density at radius 2 is 2.47 bits per heavy atom. The molecule has 4 nitrogen and oxygen atoms in total. The third kappa shape index (κ3) is 3.02. The number of likely N-dealkylation sites (tertiary alicyclic amines) is 1. The van der Waals surface area contributed by atoms with Crippen molar-refractivity contribution in [2.75, 3.05) is 20.1 Å². The molecule has 0 N–H and O–H groups in total. The van der Waals surface area contributed by atoms with Gasteiger partial charge in [0, 0.05) is 20.1 Å². The number of piperidine rings is 1. The number of carbonyl (C=O) groups excluding carboxylic acids is 1. The molecule has 1 aromatic heterocycles. The topological polar surface area (TPSA) is 36.7 Å². The molecule has 0 bridgehead atoms. The Hall–Kier alpha value is -1.45. The van der Waals surface area contributed by atoms with E-state index in [4.69, 9.17) is 4.42 Å². The molecule has 0 saturated carbocycles. The Balaban J connectivity index is 1.90. The molecule has 2 rings (SSSR count). The highest BCUT2D eigenvalue weighted by Crippen LogP contribution is 2.17. The van der Waals surface area contributed by atoms with Gasteiger partial charge in [-0.2, -0.15) is 0 Å². The average molecular weight is 236 g/mol. The van der Waals surface area contributed by atoms with Gasteiger partial charge >= 0.3 is 6.03 Å². The van der Waals surface area contributed by atoms with Crippen LogP contribution in [0.4, 0.5) is 4.79 Å². The van der Waals surface area contributed by atoms with Crippen molar-refractivity contribution in [1.29, 1.82) is 0 Å². The summed E-state index contributed by atoms with van der Waals surface area (Å²) in [5.74, 6) is 1.44. The van der Waals surface area contributed by atoms with E-state index in [2.05, 4.69) is 6.92 Å². The molecule has 2 amide bonds. The van der Waals surface area contributed by atoms with Crippen molar-refractivity contribution in [3.05, 3.63) is 24.2 Å². The first-order valence-electron chi connectivity index (χ1n) is 6.19. The lowest BCUT2D eigenvalue weighted by Crippen LogP contribution is -2.45. The van der Waals surface area contributed by atoms with Crippen molar-refractivity contribution in [2.45, 2.75) is 26.3 Å². The maximum Gasteiger partial charge on any atom is 0.320 e. The lowest BCUT2D eigenvalue weighted by Gasteiger charge is -2.33.